The molecule has 5 nitrogen and oxygen atoms in total. The van der Waals surface area contributed by atoms with Gasteiger partial charge in [0, 0.05) is 37.2 Å². The third-order valence-electron chi connectivity index (χ3n) is 8.40. The predicted octanol–water partition coefficient (Wildman–Crippen LogP) is 4.24. The fourth-order valence-electron chi connectivity index (χ4n) is 6.49. The van der Waals surface area contributed by atoms with E-state index in [1.807, 2.05) is 35.2 Å². The van der Waals surface area contributed by atoms with E-state index in [1.54, 1.807) is 13.2 Å². The summed E-state index contributed by atoms with van der Waals surface area (Å²) in [5.74, 6) is 2.41. The van der Waals surface area contributed by atoms with Crippen LogP contribution in [-0.4, -0.2) is 47.1 Å². The van der Waals surface area contributed by atoms with Crippen LogP contribution in [0.5, 0.6) is 11.5 Å². The maximum atomic E-state index is 13.6. The average molecular weight is 445 g/mol. The number of likely N-dealkylation sites (tertiary alicyclic amines) is 1. The van der Waals surface area contributed by atoms with Gasteiger partial charge < -0.3 is 14.7 Å². The van der Waals surface area contributed by atoms with E-state index in [1.165, 1.54) is 29.5 Å². The topological polar surface area (TPSA) is 53.0 Å². The van der Waals surface area contributed by atoms with Crippen molar-refractivity contribution in [3.05, 3.63) is 70.9 Å². The molecule has 2 heterocycles. The molecule has 2 aromatic carbocycles. The zero-order valence-corrected chi connectivity index (χ0v) is 19.5. The van der Waals surface area contributed by atoms with Crippen molar-refractivity contribution in [2.45, 2.75) is 50.6 Å². The molecule has 6 rings (SSSR count). The molecule has 0 spiro atoms. The van der Waals surface area contributed by atoms with Crippen molar-refractivity contribution in [3.8, 4) is 11.5 Å². The van der Waals surface area contributed by atoms with Crippen LogP contribution in [0.25, 0.3) is 0 Å². The molecule has 4 aliphatic rings. The van der Waals surface area contributed by atoms with Crippen molar-refractivity contribution < 1.29 is 14.6 Å². The molecular formula is C28H32N2O3. The fourth-order valence-corrected chi connectivity index (χ4v) is 6.49. The summed E-state index contributed by atoms with van der Waals surface area (Å²) in [7, 11) is 1.67. The zero-order valence-electron chi connectivity index (χ0n) is 19.5. The minimum atomic E-state index is -0.315. The number of phenolic OH excluding ortho intramolecular Hbond substituents is 1. The monoisotopic (exact) mass is 444 g/mol. The van der Waals surface area contributed by atoms with Crippen molar-refractivity contribution in [2.24, 2.45) is 11.8 Å². The van der Waals surface area contributed by atoms with Gasteiger partial charge >= 0.3 is 0 Å². The Morgan fingerprint density at radius 2 is 1.94 bits per heavy atom. The summed E-state index contributed by atoms with van der Waals surface area (Å²) in [4.78, 5) is 18.2. The van der Waals surface area contributed by atoms with Crippen LogP contribution in [-0.2, 0) is 23.2 Å². The fraction of sp³-hybridized carbons (Fsp3) is 0.464. The molecule has 2 fully saturated rings. The first kappa shape index (κ1) is 20.8. The Labute approximate surface area is 195 Å². The van der Waals surface area contributed by atoms with Gasteiger partial charge in [0.05, 0.1) is 13.7 Å². The van der Waals surface area contributed by atoms with E-state index in [4.69, 9.17) is 4.74 Å². The molecule has 5 heteroatoms. The molecule has 1 amide bonds. The molecule has 1 unspecified atom stereocenters. The maximum absolute atomic E-state index is 13.6. The second-order valence-electron chi connectivity index (χ2n) is 10.5. The molecule has 1 N–H and O–H groups in total. The van der Waals surface area contributed by atoms with Gasteiger partial charge in [0.2, 0.25) is 5.91 Å². The summed E-state index contributed by atoms with van der Waals surface area (Å²) in [6.07, 6.45) is 6.28. The largest absolute Gasteiger partial charge is 0.508 e. The minimum absolute atomic E-state index is 0.159. The normalized spacial score (nSPS) is 28.7. The highest BCUT2D eigenvalue weighted by Gasteiger charge is 2.57. The number of phenols is 1. The number of amides is 1. The van der Waals surface area contributed by atoms with Gasteiger partial charge in [-0.1, -0.05) is 25.1 Å². The number of carbonyl (C=O) groups is 1. The number of carbonyl (C=O) groups excluding carboxylic acids is 1. The van der Waals surface area contributed by atoms with Gasteiger partial charge in [-0.25, -0.2) is 0 Å². The number of hydrogen-bond donors (Lipinski definition) is 1. The van der Waals surface area contributed by atoms with Crippen LogP contribution in [0.1, 0.15) is 42.9 Å². The Kier molecular flexibility index (Phi) is 4.80. The molecule has 172 valence electrons. The summed E-state index contributed by atoms with van der Waals surface area (Å²) in [5, 5.41) is 10.4. The van der Waals surface area contributed by atoms with Crippen molar-refractivity contribution in [1.29, 1.82) is 0 Å². The Bertz CT molecular complexity index is 1120. The number of rotatable bonds is 5. The minimum Gasteiger partial charge on any atom is -0.508 e. The molecule has 2 bridgehead atoms. The van der Waals surface area contributed by atoms with Crippen LogP contribution < -0.4 is 4.74 Å². The van der Waals surface area contributed by atoms with E-state index in [-0.39, 0.29) is 11.3 Å². The van der Waals surface area contributed by atoms with Crippen molar-refractivity contribution in [1.82, 2.24) is 9.80 Å². The van der Waals surface area contributed by atoms with Crippen LogP contribution in [0.4, 0.5) is 0 Å². The van der Waals surface area contributed by atoms with Gasteiger partial charge in [0.15, 0.2) is 0 Å². The molecule has 3 atom stereocenters. The smallest absolute Gasteiger partial charge is 0.228 e. The SMILES string of the molecule is COc1ccc(CN2C=C3[C@H]4Cc5ccc(O)cc5[C@]3(CC2=O)C(C)CN4CC2CC2)cc1. The molecular weight excluding hydrogens is 412 g/mol. The van der Waals surface area contributed by atoms with E-state index >= 15 is 0 Å². The van der Waals surface area contributed by atoms with Crippen LogP contribution in [0.2, 0.25) is 0 Å². The van der Waals surface area contributed by atoms with Gasteiger partial charge in [-0.3, -0.25) is 9.69 Å². The molecule has 1 saturated carbocycles. The number of ether oxygens (including phenoxy) is 1. The summed E-state index contributed by atoms with van der Waals surface area (Å²) < 4.78 is 5.29. The Hall–Kier alpha value is -2.79. The lowest BCUT2D eigenvalue weighted by molar-refractivity contribution is -0.133. The molecule has 0 aromatic heterocycles. The average Bonchev–Trinajstić information content (AvgIpc) is 3.63. The van der Waals surface area contributed by atoms with E-state index in [0.717, 1.165) is 36.7 Å². The number of methoxy groups -OCH3 is 1. The first-order chi connectivity index (χ1) is 16.0. The third-order valence-corrected chi connectivity index (χ3v) is 8.40. The number of benzene rings is 2. The van der Waals surface area contributed by atoms with E-state index in [9.17, 15) is 9.90 Å². The second kappa shape index (κ2) is 7.63. The zero-order chi connectivity index (χ0) is 22.7. The molecule has 2 aliphatic heterocycles. The van der Waals surface area contributed by atoms with Crippen LogP contribution >= 0.6 is 0 Å². The van der Waals surface area contributed by atoms with Gasteiger partial charge in [0.1, 0.15) is 11.5 Å². The van der Waals surface area contributed by atoms with E-state index in [0.29, 0.717) is 30.7 Å². The summed E-state index contributed by atoms with van der Waals surface area (Å²) in [6.45, 7) is 5.04. The number of fused-ring (bicyclic) bond motifs is 1. The van der Waals surface area contributed by atoms with Crippen molar-refractivity contribution in [3.63, 3.8) is 0 Å². The molecule has 2 aliphatic carbocycles. The molecule has 2 aromatic rings. The lowest BCUT2D eigenvalue weighted by Gasteiger charge is -2.58. The van der Waals surface area contributed by atoms with Crippen LogP contribution in [0.3, 0.4) is 0 Å². The predicted molar refractivity (Wildman–Crippen MR) is 127 cm³/mol. The number of hydrogen-bond acceptors (Lipinski definition) is 4. The van der Waals surface area contributed by atoms with Crippen LogP contribution in [0.15, 0.2) is 54.2 Å². The van der Waals surface area contributed by atoms with Crippen molar-refractivity contribution >= 4 is 5.91 Å². The first-order valence-electron chi connectivity index (χ1n) is 12.2. The number of nitrogens with zero attached hydrogens (tertiary/aromatic N) is 2. The highest BCUT2D eigenvalue weighted by Crippen LogP contribution is 2.56. The lowest BCUT2D eigenvalue weighted by atomic mass is 9.54. The summed E-state index contributed by atoms with van der Waals surface area (Å²) in [5.41, 5.74) is 4.61. The Morgan fingerprint density at radius 1 is 1.15 bits per heavy atom. The van der Waals surface area contributed by atoms with Gasteiger partial charge in [-0.05, 0) is 77.6 Å². The Morgan fingerprint density at radius 3 is 2.67 bits per heavy atom. The first-order valence-corrected chi connectivity index (χ1v) is 12.2. The van der Waals surface area contributed by atoms with Gasteiger partial charge in [-0.15, -0.1) is 0 Å². The van der Waals surface area contributed by atoms with Crippen molar-refractivity contribution in [2.75, 3.05) is 20.2 Å². The highest BCUT2D eigenvalue weighted by molar-refractivity contribution is 5.83. The standard InChI is InChI=1S/C28H32N2O3/c1-18-14-29(15-19-3-4-19)26-11-21-7-8-22(31)12-24(21)28(18)13-27(32)30(17-25(26)28)16-20-5-9-23(33-2)10-6-20/h5-10,12,17-19,26,31H,3-4,11,13-16H2,1-2H3/t18?,26-,28+/m1/s1. The van der Waals surface area contributed by atoms with E-state index < -0.39 is 0 Å². The van der Waals surface area contributed by atoms with Gasteiger partial charge in [-0.2, -0.15) is 0 Å². The van der Waals surface area contributed by atoms with E-state index in [2.05, 4.69) is 24.1 Å². The number of piperidine rings is 1. The summed E-state index contributed by atoms with van der Waals surface area (Å²) >= 11 is 0. The van der Waals surface area contributed by atoms with Gasteiger partial charge in [0.25, 0.3) is 0 Å². The second-order valence-corrected chi connectivity index (χ2v) is 10.5. The lowest BCUT2D eigenvalue weighted by Crippen LogP contribution is -2.62. The number of aromatic hydroxyl groups is 1. The molecule has 1 saturated heterocycles. The highest BCUT2D eigenvalue weighted by atomic mass is 16.5. The quantitative estimate of drug-likeness (QED) is 0.750. The molecule has 33 heavy (non-hydrogen) atoms. The molecule has 0 radical (unpaired) electrons. The van der Waals surface area contributed by atoms with Crippen LogP contribution in [0, 0.1) is 11.8 Å². The Balaban J connectivity index is 1.43. The summed E-state index contributed by atoms with van der Waals surface area (Å²) in [6, 6.07) is 14.1. The maximum Gasteiger partial charge on any atom is 0.228 e. The third kappa shape index (κ3) is 3.36.